The van der Waals surface area contributed by atoms with Gasteiger partial charge in [-0.05, 0) is 52.2 Å². The van der Waals surface area contributed by atoms with Gasteiger partial charge in [-0.25, -0.2) is 0 Å². The van der Waals surface area contributed by atoms with Crippen molar-refractivity contribution in [2.75, 3.05) is 20.7 Å². The number of halogens is 1. The second kappa shape index (κ2) is 10.4. The van der Waals surface area contributed by atoms with Crippen LogP contribution in [-0.2, 0) is 11.4 Å². The second-order valence-electron chi connectivity index (χ2n) is 6.35. The molecular formula is C21H20BrN3O5. The first-order chi connectivity index (χ1) is 14.3. The molecule has 0 aliphatic carbocycles. The molecule has 0 unspecified atom stereocenters. The lowest BCUT2D eigenvalue weighted by Gasteiger charge is -2.15. The summed E-state index contributed by atoms with van der Waals surface area (Å²) in [4.78, 5) is 23.9. The fraction of sp³-hybridized carbons (Fsp3) is 0.238. The quantitative estimate of drug-likeness (QED) is 0.244. The van der Waals surface area contributed by atoms with Gasteiger partial charge in [0, 0.05) is 26.2 Å². The maximum atomic E-state index is 12.1. The predicted molar refractivity (Wildman–Crippen MR) is 115 cm³/mol. The Morgan fingerprint density at radius 1 is 1.30 bits per heavy atom. The van der Waals surface area contributed by atoms with Gasteiger partial charge in [0.2, 0.25) is 0 Å². The van der Waals surface area contributed by atoms with Gasteiger partial charge in [-0.15, -0.1) is 0 Å². The zero-order valence-electron chi connectivity index (χ0n) is 16.7. The van der Waals surface area contributed by atoms with E-state index in [1.165, 1.54) is 23.1 Å². The fourth-order valence-corrected chi connectivity index (χ4v) is 3.11. The lowest BCUT2D eigenvalue weighted by atomic mass is 10.1. The van der Waals surface area contributed by atoms with Gasteiger partial charge in [0.15, 0.2) is 11.5 Å². The lowest BCUT2D eigenvalue weighted by molar-refractivity contribution is -0.384. The molecule has 0 saturated carbocycles. The van der Waals surface area contributed by atoms with E-state index in [1.807, 2.05) is 13.0 Å². The third kappa shape index (κ3) is 5.81. The van der Waals surface area contributed by atoms with Crippen LogP contribution in [0, 0.1) is 21.4 Å². The van der Waals surface area contributed by atoms with E-state index in [0.717, 1.165) is 0 Å². The Labute approximate surface area is 182 Å². The first kappa shape index (κ1) is 22.9. The summed E-state index contributed by atoms with van der Waals surface area (Å²) < 4.78 is 12.1. The number of nitro groups is 1. The number of non-ortho nitro benzene ring substituents is 1. The minimum atomic E-state index is -0.464. The van der Waals surface area contributed by atoms with E-state index in [9.17, 15) is 20.2 Å². The van der Waals surface area contributed by atoms with Crippen molar-refractivity contribution < 1.29 is 19.2 Å². The minimum absolute atomic E-state index is 0.0142. The highest BCUT2D eigenvalue weighted by Gasteiger charge is 2.16. The number of nitriles is 1. The average molecular weight is 474 g/mol. The Balaban J connectivity index is 2.35. The molecular weight excluding hydrogens is 454 g/mol. The monoisotopic (exact) mass is 473 g/mol. The van der Waals surface area contributed by atoms with Crippen LogP contribution in [-0.4, -0.2) is 36.4 Å². The van der Waals surface area contributed by atoms with E-state index >= 15 is 0 Å². The van der Waals surface area contributed by atoms with E-state index in [2.05, 4.69) is 15.9 Å². The Bertz CT molecular complexity index is 1030. The molecule has 0 heterocycles. The van der Waals surface area contributed by atoms with Crippen LogP contribution in [0.15, 0.2) is 46.4 Å². The Morgan fingerprint density at radius 3 is 2.63 bits per heavy atom. The summed E-state index contributed by atoms with van der Waals surface area (Å²) in [6, 6.07) is 11.4. The third-order valence-corrected chi connectivity index (χ3v) is 4.49. The molecule has 2 aromatic rings. The first-order valence-corrected chi connectivity index (χ1v) is 9.72. The zero-order chi connectivity index (χ0) is 22.3. The van der Waals surface area contributed by atoms with Crippen LogP contribution in [0.2, 0.25) is 0 Å². The fourth-order valence-electron chi connectivity index (χ4n) is 2.54. The van der Waals surface area contributed by atoms with Crippen molar-refractivity contribution in [2.45, 2.75) is 13.5 Å². The number of nitro benzene ring substituents is 1. The number of amides is 1. The summed E-state index contributed by atoms with van der Waals surface area (Å²) in [6.45, 7) is 2.28. The Morgan fingerprint density at radius 2 is 2.03 bits per heavy atom. The zero-order valence-corrected chi connectivity index (χ0v) is 18.3. The first-order valence-electron chi connectivity index (χ1n) is 8.92. The highest BCUT2D eigenvalue weighted by molar-refractivity contribution is 9.10. The number of likely N-dealkylation sites (N-methyl/N-ethyl adjacent to an activating group) is 1. The molecule has 2 aromatic carbocycles. The van der Waals surface area contributed by atoms with Gasteiger partial charge in [0.05, 0.1) is 16.0 Å². The molecule has 2 rings (SSSR count). The summed E-state index contributed by atoms with van der Waals surface area (Å²) >= 11 is 3.44. The van der Waals surface area contributed by atoms with Gasteiger partial charge in [-0.3, -0.25) is 14.9 Å². The van der Waals surface area contributed by atoms with Crippen LogP contribution in [0.3, 0.4) is 0 Å². The Kier molecular flexibility index (Phi) is 7.95. The van der Waals surface area contributed by atoms with Gasteiger partial charge in [0.1, 0.15) is 18.2 Å². The van der Waals surface area contributed by atoms with Crippen LogP contribution in [0.5, 0.6) is 11.5 Å². The molecule has 0 radical (unpaired) electrons. The standard InChI is InChI=1S/C21H20BrN3O5/c1-4-29-19-11-15(8-16(12-23)21(26)24(2)3)10-18(22)20(19)30-13-14-6-5-7-17(9-14)25(27)28/h5-11H,4,13H2,1-3H3/b16-8+. The molecule has 0 aliphatic heterocycles. The van der Waals surface area contributed by atoms with Crippen LogP contribution >= 0.6 is 15.9 Å². The SMILES string of the molecule is CCOc1cc(/C=C(\C#N)C(=O)N(C)C)cc(Br)c1OCc1cccc([N+](=O)[O-])c1. The van der Waals surface area contributed by atoms with Gasteiger partial charge in [-0.1, -0.05) is 12.1 Å². The van der Waals surface area contributed by atoms with Crippen LogP contribution in [0.25, 0.3) is 6.08 Å². The van der Waals surface area contributed by atoms with Crippen LogP contribution in [0.4, 0.5) is 5.69 Å². The van der Waals surface area contributed by atoms with Crippen molar-refractivity contribution >= 4 is 33.6 Å². The molecule has 0 spiro atoms. The number of carbonyl (C=O) groups is 1. The molecule has 9 heteroatoms. The highest BCUT2D eigenvalue weighted by atomic mass is 79.9. The molecule has 30 heavy (non-hydrogen) atoms. The summed E-state index contributed by atoms with van der Waals surface area (Å²) in [5, 5.41) is 20.2. The molecule has 0 saturated heterocycles. The molecule has 0 N–H and O–H groups in total. The van der Waals surface area contributed by atoms with Crippen molar-refractivity contribution in [3.8, 4) is 17.6 Å². The lowest BCUT2D eigenvalue weighted by Crippen LogP contribution is -2.22. The molecule has 0 aromatic heterocycles. The van der Waals surface area contributed by atoms with Gasteiger partial charge in [-0.2, -0.15) is 5.26 Å². The number of rotatable bonds is 8. The molecule has 1 amide bonds. The molecule has 8 nitrogen and oxygen atoms in total. The molecule has 0 aliphatic rings. The minimum Gasteiger partial charge on any atom is -0.490 e. The van der Waals surface area contributed by atoms with Crippen molar-refractivity contribution in [2.24, 2.45) is 0 Å². The normalized spacial score (nSPS) is 10.8. The van der Waals surface area contributed by atoms with Gasteiger partial charge < -0.3 is 14.4 Å². The molecule has 0 bridgehead atoms. The van der Waals surface area contributed by atoms with Crippen molar-refractivity contribution in [1.29, 1.82) is 5.26 Å². The molecule has 0 fully saturated rings. The summed E-state index contributed by atoms with van der Waals surface area (Å²) in [6.07, 6.45) is 1.47. The predicted octanol–water partition coefficient (Wildman–Crippen LogP) is 4.33. The highest BCUT2D eigenvalue weighted by Crippen LogP contribution is 2.38. The maximum absolute atomic E-state index is 12.1. The number of hydrogen-bond donors (Lipinski definition) is 0. The summed E-state index contributed by atoms with van der Waals surface area (Å²) in [7, 11) is 3.14. The smallest absolute Gasteiger partial charge is 0.269 e. The van der Waals surface area contributed by atoms with E-state index in [4.69, 9.17) is 9.47 Å². The number of ether oxygens (including phenoxy) is 2. The average Bonchev–Trinajstić information content (AvgIpc) is 2.71. The van der Waals surface area contributed by atoms with E-state index in [1.54, 1.807) is 38.4 Å². The number of carbonyl (C=O) groups excluding carboxylic acids is 1. The number of benzene rings is 2. The molecule has 156 valence electrons. The molecule has 0 atom stereocenters. The van der Waals surface area contributed by atoms with E-state index in [0.29, 0.717) is 33.7 Å². The number of hydrogen-bond acceptors (Lipinski definition) is 6. The van der Waals surface area contributed by atoms with E-state index < -0.39 is 10.8 Å². The third-order valence-electron chi connectivity index (χ3n) is 3.90. The van der Waals surface area contributed by atoms with Gasteiger partial charge in [0.25, 0.3) is 11.6 Å². The van der Waals surface area contributed by atoms with Crippen LogP contribution in [0.1, 0.15) is 18.1 Å². The van der Waals surface area contributed by atoms with Crippen LogP contribution < -0.4 is 9.47 Å². The maximum Gasteiger partial charge on any atom is 0.269 e. The summed E-state index contributed by atoms with van der Waals surface area (Å²) in [5.74, 6) is 0.425. The second-order valence-corrected chi connectivity index (χ2v) is 7.20. The van der Waals surface area contributed by atoms with Crippen molar-refractivity contribution in [3.05, 3.63) is 67.7 Å². The topological polar surface area (TPSA) is 106 Å². The van der Waals surface area contributed by atoms with E-state index in [-0.39, 0.29) is 17.9 Å². The van der Waals surface area contributed by atoms with Crippen molar-refractivity contribution in [3.63, 3.8) is 0 Å². The van der Waals surface area contributed by atoms with Gasteiger partial charge >= 0.3 is 0 Å². The summed E-state index contributed by atoms with van der Waals surface area (Å²) in [5.41, 5.74) is 1.18. The Hall–Kier alpha value is -3.38. The largest absolute Gasteiger partial charge is 0.490 e. The van der Waals surface area contributed by atoms with Crippen molar-refractivity contribution in [1.82, 2.24) is 4.90 Å². The number of nitrogens with zero attached hydrogens (tertiary/aromatic N) is 3.